The minimum absolute atomic E-state index is 0.0634. The molecule has 0 fully saturated rings. The first-order valence-corrected chi connectivity index (χ1v) is 12.8. The lowest BCUT2D eigenvalue weighted by atomic mass is 9.90. The molecule has 2 amide bonds. The van der Waals surface area contributed by atoms with Crippen LogP contribution in [0.4, 0.5) is 21.5 Å². The Bertz CT molecular complexity index is 1480. The van der Waals surface area contributed by atoms with Gasteiger partial charge in [0.2, 0.25) is 0 Å². The number of hydrogen-bond acceptors (Lipinski definition) is 7. The van der Waals surface area contributed by atoms with Crippen molar-refractivity contribution in [1.29, 1.82) is 0 Å². The van der Waals surface area contributed by atoms with Crippen LogP contribution in [0.5, 0.6) is 0 Å². The van der Waals surface area contributed by atoms with Gasteiger partial charge in [0.25, 0.3) is 11.8 Å². The highest BCUT2D eigenvalue weighted by molar-refractivity contribution is 6.31. The molecule has 12 heteroatoms. The number of carboxylic acid groups (broad SMARTS) is 1. The molecule has 1 atom stereocenters. The molecular weight excluding hydrogens is 539 g/mol. The first-order valence-electron chi connectivity index (χ1n) is 12.4. The molecule has 0 saturated carbocycles. The van der Waals surface area contributed by atoms with Gasteiger partial charge in [-0.1, -0.05) is 29.8 Å². The van der Waals surface area contributed by atoms with Crippen molar-refractivity contribution in [3.05, 3.63) is 100 Å². The number of nitrogens with two attached hydrogens (primary N) is 2. The van der Waals surface area contributed by atoms with Gasteiger partial charge in [0.05, 0.1) is 22.5 Å². The van der Waals surface area contributed by atoms with Crippen LogP contribution in [0.1, 0.15) is 34.5 Å². The molecule has 10 nitrogen and oxygen atoms in total. The van der Waals surface area contributed by atoms with E-state index >= 15 is 0 Å². The van der Waals surface area contributed by atoms with Crippen LogP contribution in [0.15, 0.2) is 72.6 Å². The van der Waals surface area contributed by atoms with Crippen LogP contribution in [0.3, 0.4) is 0 Å². The van der Waals surface area contributed by atoms with Gasteiger partial charge in [0.15, 0.2) is 5.82 Å². The number of nitrogens with zero attached hydrogens (tertiary/aromatic N) is 2. The fourth-order valence-corrected chi connectivity index (χ4v) is 4.74. The van der Waals surface area contributed by atoms with E-state index in [2.05, 4.69) is 10.6 Å². The lowest BCUT2D eigenvalue weighted by Gasteiger charge is -2.37. The van der Waals surface area contributed by atoms with E-state index in [1.54, 1.807) is 12.1 Å². The molecule has 0 bridgehead atoms. The lowest BCUT2D eigenvalue weighted by Crippen LogP contribution is -2.47. The quantitative estimate of drug-likeness (QED) is 0.156. The normalized spacial score (nSPS) is 14.8. The Morgan fingerprint density at radius 2 is 1.85 bits per heavy atom. The number of fused-ring (bicyclic) bond motifs is 1. The summed E-state index contributed by atoms with van der Waals surface area (Å²) in [6, 6.07) is 14.3. The van der Waals surface area contributed by atoms with Crippen LogP contribution < -0.4 is 27.2 Å². The Balaban J connectivity index is 1.68. The second kappa shape index (κ2) is 12.1. The summed E-state index contributed by atoms with van der Waals surface area (Å²) in [5, 5.41) is 15.9. The summed E-state index contributed by atoms with van der Waals surface area (Å²) in [7, 11) is 0. The maximum absolute atomic E-state index is 14.5. The lowest BCUT2D eigenvalue weighted by molar-refractivity contribution is -0.136. The maximum Gasteiger partial charge on any atom is 0.335 e. The Kier molecular flexibility index (Phi) is 8.56. The zero-order chi connectivity index (χ0) is 29.0. The van der Waals surface area contributed by atoms with E-state index < -0.39 is 29.6 Å². The number of benzene rings is 3. The van der Waals surface area contributed by atoms with E-state index in [0.717, 1.165) is 22.5 Å². The van der Waals surface area contributed by atoms with E-state index in [1.165, 1.54) is 47.4 Å². The second-order valence-electron chi connectivity index (χ2n) is 8.99. The molecule has 40 heavy (non-hydrogen) atoms. The third kappa shape index (κ3) is 5.85. The van der Waals surface area contributed by atoms with Crippen molar-refractivity contribution >= 4 is 46.4 Å². The van der Waals surface area contributed by atoms with E-state index in [9.17, 15) is 18.8 Å². The van der Waals surface area contributed by atoms with Crippen molar-refractivity contribution in [2.75, 3.05) is 28.7 Å². The predicted octanol–water partition coefficient (Wildman–Crippen LogP) is 3.85. The molecule has 1 heterocycles. The van der Waals surface area contributed by atoms with Crippen LogP contribution in [0, 0.1) is 5.82 Å². The minimum Gasteiger partial charge on any atom is -0.478 e. The zero-order valence-electron chi connectivity index (χ0n) is 21.5. The largest absolute Gasteiger partial charge is 0.478 e. The average Bonchev–Trinajstić information content (AvgIpc) is 2.93. The number of anilines is 3. The average molecular weight is 567 g/mol. The van der Waals surface area contributed by atoms with Gasteiger partial charge in [0, 0.05) is 24.5 Å². The first kappa shape index (κ1) is 28.4. The van der Waals surface area contributed by atoms with Gasteiger partial charge in [-0.3, -0.25) is 14.6 Å². The fraction of sp³-hybridized carbons (Fsp3) is 0.179. The summed E-state index contributed by atoms with van der Waals surface area (Å²) in [6.07, 6.45) is 1.52. The third-order valence-corrected chi connectivity index (χ3v) is 6.72. The van der Waals surface area contributed by atoms with Gasteiger partial charge in [-0.2, -0.15) is 0 Å². The number of amides is 2. The number of nitrogens with one attached hydrogen (secondary N) is 2. The van der Waals surface area contributed by atoms with Crippen molar-refractivity contribution in [1.82, 2.24) is 4.90 Å². The molecule has 4 rings (SSSR count). The van der Waals surface area contributed by atoms with Crippen LogP contribution >= 0.6 is 11.6 Å². The first-order chi connectivity index (χ1) is 19.1. The molecule has 7 N–H and O–H groups in total. The summed E-state index contributed by atoms with van der Waals surface area (Å²) in [5.74, 6) is 2.89. The van der Waals surface area contributed by atoms with E-state index in [0.29, 0.717) is 24.2 Å². The monoisotopic (exact) mass is 566 g/mol. The molecule has 1 unspecified atom stereocenters. The summed E-state index contributed by atoms with van der Waals surface area (Å²) in [5.41, 5.74) is 8.47. The van der Waals surface area contributed by atoms with Crippen molar-refractivity contribution in [2.24, 2.45) is 11.6 Å². The third-order valence-electron chi connectivity index (χ3n) is 6.43. The van der Waals surface area contributed by atoms with Crippen molar-refractivity contribution in [2.45, 2.75) is 19.4 Å². The topological polar surface area (TPSA) is 154 Å². The summed E-state index contributed by atoms with van der Waals surface area (Å²) in [4.78, 5) is 39.8. The van der Waals surface area contributed by atoms with E-state index in [4.69, 9.17) is 28.3 Å². The van der Waals surface area contributed by atoms with Gasteiger partial charge < -0.3 is 26.4 Å². The van der Waals surface area contributed by atoms with E-state index in [1.807, 2.05) is 13.0 Å². The van der Waals surface area contributed by atoms with Crippen molar-refractivity contribution < 1.29 is 23.9 Å². The Morgan fingerprint density at radius 1 is 1.15 bits per heavy atom. The molecule has 0 radical (unpaired) electrons. The number of hydrogen-bond donors (Lipinski definition) is 5. The van der Waals surface area contributed by atoms with Crippen molar-refractivity contribution in [3.8, 4) is 0 Å². The van der Waals surface area contributed by atoms with Gasteiger partial charge in [0.1, 0.15) is 11.7 Å². The summed E-state index contributed by atoms with van der Waals surface area (Å²) < 4.78 is 14.5. The second-order valence-corrected chi connectivity index (χ2v) is 9.40. The Labute approximate surface area is 235 Å². The number of carboxylic acids is 1. The Morgan fingerprint density at radius 3 is 2.52 bits per heavy atom. The van der Waals surface area contributed by atoms with E-state index in [-0.39, 0.29) is 28.5 Å². The molecule has 0 aliphatic carbocycles. The molecule has 1 aliphatic rings. The SMILES string of the molecule is CCNc1cccc2c1CCN(C(=O)/C(N)=C/N(N)c1cccc(Cl)c1F)C2C(=O)Nc1ccc(C(=O)O)cc1. The van der Waals surface area contributed by atoms with Crippen molar-refractivity contribution in [3.63, 3.8) is 0 Å². The summed E-state index contributed by atoms with van der Waals surface area (Å²) in [6.45, 7) is 2.78. The standard InChI is InChI=1S/C28H28ClFN6O4/c1-2-33-22-7-3-5-19-18(22)13-14-35(25(19)26(37)34-17-11-9-16(10-12-17)28(39)40)27(38)21(31)15-36(32)23-8-4-6-20(29)24(23)30/h3-12,15,25,33H,2,13-14,31-32H2,1H3,(H,34,37)(H,39,40)/b21-15-. The van der Waals surface area contributed by atoms with Crippen LogP contribution in [0.2, 0.25) is 5.02 Å². The fourth-order valence-electron chi connectivity index (χ4n) is 4.57. The number of hydrazine groups is 1. The van der Waals surface area contributed by atoms with Crippen LogP contribution in [-0.4, -0.2) is 40.9 Å². The van der Waals surface area contributed by atoms with Gasteiger partial charge in [-0.15, -0.1) is 0 Å². The predicted molar refractivity (Wildman–Crippen MR) is 151 cm³/mol. The molecule has 0 saturated heterocycles. The number of aromatic carboxylic acids is 1. The zero-order valence-corrected chi connectivity index (χ0v) is 22.3. The minimum atomic E-state index is -1.10. The number of halogens is 2. The number of carbonyl (C=O) groups is 3. The number of rotatable bonds is 8. The smallest absolute Gasteiger partial charge is 0.335 e. The highest BCUT2D eigenvalue weighted by atomic mass is 35.5. The number of carbonyl (C=O) groups excluding carboxylic acids is 2. The Hall–Kier alpha value is -4.61. The van der Waals surface area contributed by atoms with Crippen LogP contribution in [0.25, 0.3) is 0 Å². The highest BCUT2D eigenvalue weighted by Crippen LogP contribution is 2.35. The molecule has 208 valence electrons. The van der Waals surface area contributed by atoms with Gasteiger partial charge >= 0.3 is 5.97 Å². The molecule has 0 aromatic heterocycles. The summed E-state index contributed by atoms with van der Waals surface area (Å²) >= 11 is 5.84. The van der Waals surface area contributed by atoms with Gasteiger partial charge in [-0.05, 0) is 66.9 Å². The highest BCUT2D eigenvalue weighted by Gasteiger charge is 2.37. The molecule has 0 spiro atoms. The van der Waals surface area contributed by atoms with Crippen LogP contribution in [-0.2, 0) is 16.0 Å². The molecule has 3 aromatic carbocycles. The maximum atomic E-state index is 14.5. The molecule has 3 aromatic rings. The van der Waals surface area contributed by atoms with Gasteiger partial charge in [-0.25, -0.2) is 15.0 Å². The molecular formula is C28H28ClFN6O4. The molecule has 1 aliphatic heterocycles.